The number of rotatable bonds is 5. The van der Waals surface area contributed by atoms with Crippen LogP contribution in [0.4, 0.5) is 4.39 Å². The summed E-state index contributed by atoms with van der Waals surface area (Å²) >= 11 is 6.07. The zero-order valence-corrected chi connectivity index (χ0v) is 17.8. The Labute approximate surface area is 181 Å². The number of hydrogen-bond donors (Lipinski definition) is 1. The summed E-state index contributed by atoms with van der Waals surface area (Å²) in [6, 6.07) is 12.7. The lowest BCUT2D eigenvalue weighted by Gasteiger charge is -2.31. The SMILES string of the molecule is Cc1ccc(CNC(=O)C2CCN(C(=O)C3CC3c3cccc(Cl)c3)CC2)cc1F. The number of nitrogens with zero attached hydrogens (tertiary/aromatic N) is 1. The zero-order valence-electron chi connectivity index (χ0n) is 17.0. The first-order valence-electron chi connectivity index (χ1n) is 10.5. The lowest BCUT2D eigenvalue weighted by atomic mass is 9.95. The number of hydrogen-bond acceptors (Lipinski definition) is 2. The molecule has 2 aliphatic rings. The minimum Gasteiger partial charge on any atom is -0.352 e. The average Bonchev–Trinajstić information content (AvgIpc) is 3.55. The quantitative estimate of drug-likeness (QED) is 0.765. The van der Waals surface area contributed by atoms with Crippen LogP contribution in [0.1, 0.15) is 41.9 Å². The monoisotopic (exact) mass is 428 g/mol. The number of nitrogens with one attached hydrogen (secondary N) is 1. The number of piperidine rings is 1. The Balaban J connectivity index is 1.24. The van der Waals surface area contributed by atoms with Gasteiger partial charge in [0.05, 0.1) is 0 Å². The topological polar surface area (TPSA) is 49.4 Å². The van der Waals surface area contributed by atoms with E-state index in [0.29, 0.717) is 43.1 Å². The van der Waals surface area contributed by atoms with Crippen molar-refractivity contribution in [1.82, 2.24) is 10.2 Å². The van der Waals surface area contributed by atoms with Crippen LogP contribution in [-0.4, -0.2) is 29.8 Å². The summed E-state index contributed by atoms with van der Waals surface area (Å²) in [5.41, 5.74) is 2.47. The van der Waals surface area contributed by atoms with Gasteiger partial charge >= 0.3 is 0 Å². The average molecular weight is 429 g/mol. The van der Waals surface area contributed by atoms with Gasteiger partial charge in [0.2, 0.25) is 11.8 Å². The normalized spacial score (nSPS) is 21.4. The van der Waals surface area contributed by atoms with E-state index in [1.165, 1.54) is 6.07 Å². The Kier molecular flexibility index (Phi) is 6.09. The van der Waals surface area contributed by atoms with E-state index in [-0.39, 0.29) is 35.4 Å². The molecule has 2 fully saturated rings. The molecular weight excluding hydrogens is 403 g/mol. The van der Waals surface area contributed by atoms with E-state index in [4.69, 9.17) is 11.6 Å². The van der Waals surface area contributed by atoms with Crippen LogP contribution in [0.25, 0.3) is 0 Å². The number of carbonyl (C=O) groups excluding carboxylic acids is 2. The van der Waals surface area contributed by atoms with Crippen molar-refractivity contribution in [2.75, 3.05) is 13.1 Å². The molecule has 0 bridgehead atoms. The molecular formula is C24H26ClFN2O2. The van der Waals surface area contributed by atoms with E-state index >= 15 is 0 Å². The van der Waals surface area contributed by atoms with Gasteiger partial charge in [0.15, 0.2) is 0 Å². The molecule has 1 N–H and O–H groups in total. The van der Waals surface area contributed by atoms with Crippen molar-refractivity contribution in [2.24, 2.45) is 11.8 Å². The lowest BCUT2D eigenvalue weighted by molar-refractivity contribution is -0.136. The van der Waals surface area contributed by atoms with Crippen molar-refractivity contribution in [1.29, 1.82) is 0 Å². The molecule has 1 heterocycles. The minimum absolute atomic E-state index is 0.0219. The van der Waals surface area contributed by atoms with Crippen LogP contribution in [0.2, 0.25) is 5.02 Å². The van der Waals surface area contributed by atoms with Gasteiger partial charge in [-0.25, -0.2) is 4.39 Å². The van der Waals surface area contributed by atoms with E-state index in [1.807, 2.05) is 35.2 Å². The molecule has 4 nitrogen and oxygen atoms in total. The second-order valence-corrected chi connectivity index (χ2v) is 8.84. The second-order valence-electron chi connectivity index (χ2n) is 8.40. The number of halogens is 2. The Morgan fingerprint density at radius 3 is 2.63 bits per heavy atom. The van der Waals surface area contributed by atoms with Crippen LogP contribution < -0.4 is 5.32 Å². The van der Waals surface area contributed by atoms with E-state index in [1.54, 1.807) is 13.0 Å². The van der Waals surface area contributed by atoms with Crippen molar-refractivity contribution < 1.29 is 14.0 Å². The number of amides is 2. The molecule has 30 heavy (non-hydrogen) atoms. The molecule has 2 aromatic rings. The van der Waals surface area contributed by atoms with Crippen molar-refractivity contribution in [3.05, 3.63) is 70.0 Å². The molecule has 1 saturated carbocycles. The van der Waals surface area contributed by atoms with Crippen molar-refractivity contribution in [3.63, 3.8) is 0 Å². The molecule has 0 radical (unpaired) electrons. The first-order valence-corrected chi connectivity index (χ1v) is 10.9. The van der Waals surface area contributed by atoms with E-state index in [2.05, 4.69) is 5.32 Å². The Morgan fingerprint density at radius 1 is 1.17 bits per heavy atom. The van der Waals surface area contributed by atoms with Gasteiger partial charge in [-0.2, -0.15) is 0 Å². The predicted molar refractivity (Wildman–Crippen MR) is 115 cm³/mol. The van der Waals surface area contributed by atoms with Crippen molar-refractivity contribution in [3.8, 4) is 0 Å². The van der Waals surface area contributed by atoms with Crippen molar-refractivity contribution in [2.45, 2.75) is 38.6 Å². The summed E-state index contributed by atoms with van der Waals surface area (Å²) in [6.07, 6.45) is 2.19. The number of likely N-dealkylation sites (tertiary alicyclic amines) is 1. The highest BCUT2D eigenvalue weighted by Crippen LogP contribution is 2.49. The maximum absolute atomic E-state index is 13.6. The fraction of sp³-hybridized carbons (Fsp3) is 0.417. The summed E-state index contributed by atoms with van der Waals surface area (Å²) < 4.78 is 13.6. The standard InChI is InChI=1S/C24H26ClFN2O2/c1-15-5-6-16(11-22(15)26)14-27-23(29)17-7-9-28(10-8-17)24(30)21-13-20(21)18-3-2-4-19(25)12-18/h2-6,11-12,17,20-21H,7-10,13-14H2,1H3,(H,27,29). The van der Waals surface area contributed by atoms with Gasteiger partial charge in [-0.1, -0.05) is 35.9 Å². The third-order valence-corrected chi connectivity index (χ3v) is 6.50. The van der Waals surface area contributed by atoms with Gasteiger partial charge in [-0.15, -0.1) is 0 Å². The van der Waals surface area contributed by atoms with E-state index in [0.717, 1.165) is 17.5 Å². The minimum atomic E-state index is -0.260. The van der Waals surface area contributed by atoms with E-state index in [9.17, 15) is 14.0 Å². The largest absolute Gasteiger partial charge is 0.352 e. The molecule has 2 aromatic carbocycles. The summed E-state index contributed by atoms with van der Waals surface area (Å²) in [7, 11) is 0. The van der Waals surface area contributed by atoms with Crippen LogP contribution in [0.5, 0.6) is 0 Å². The van der Waals surface area contributed by atoms with Gasteiger partial charge in [0.1, 0.15) is 5.82 Å². The maximum atomic E-state index is 13.6. The third kappa shape index (κ3) is 4.67. The number of benzene rings is 2. The fourth-order valence-corrected chi connectivity index (χ4v) is 4.45. The summed E-state index contributed by atoms with van der Waals surface area (Å²) in [5.74, 6) is 0.0923. The molecule has 2 atom stereocenters. The summed E-state index contributed by atoms with van der Waals surface area (Å²) in [4.78, 5) is 27.2. The van der Waals surface area contributed by atoms with E-state index < -0.39 is 0 Å². The van der Waals surface area contributed by atoms with Crippen LogP contribution in [0.15, 0.2) is 42.5 Å². The molecule has 0 spiro atoms. The van der Waals surface area contributed by atoms with Crippen LogP contribution >= 0.6 is 11.6 Å². The molecule has 158 valence electrons. The third-order valence-electron chi connectivity index (χ3n) is 6.26. The molecule has 6 heteroatoms. The van der Waals surface area contributed by atoms with Gasteiger partial charge in [0, 0.05) is 36.5 Å². The Morgan fingerprint density at radius 2 is 1.93 bits per heavy atom. The second kappa shape index (κ2) is 8.76. The van der Waals surface area contributed by atoms with Crippen LogP contribution in [0.3, 0.4) is 0 Å². The van der Waals surface area contributed by atoms with Gasteiger partial charge in [0.25, 0.3) is 0 Å². The molecule has 1 aliphatic carbocycles. The molecule has 2 amide bonds. The Bertz CT molecular complexity index is 956. The first kappa shape index (κ1) is 20.9. The summed E-state index contributed by atoms with van der Waals surface area (Å²) in [5, 5.41) is 3.61. The fourth-order valence-electron chi connectivity index (χ4n) is 4.25. The van der Waals surface area contributed by atoms with Crippen LogP contribution in [-0.2, 0) is 16.1 Å². The molecule has 4 rings (SSSR count). The number of carbonyl (C=O) groups is 2. The zero-order chi connectivity index (χ0) is 21.3. The van der Waals surface area contributed by atoms with Gasteiger partial charge in [-0.05, 0) is 67.0 Å². The molecule has 2 unspecified atom stereocenters. The predicted octanol–water partition coefficient (Wildman–Crippen LogP) is 4.45. The highest BCUT2D eigenvalue weighted by Gasteiger charge is 2.46. The first-order chi connectivity index (χ1) is 14.4. The lowest BCUT2D eigenvalue weighted by Crippen LogP contribution is -2.43. The number of aryl methyl sites for hydroxylation is 1. The smallest absolute Gasteiger partial charge is 0.226 e. The maximum Gasteiger partial charge on any atom is 0.226 e. The molecule has 1 aliphatic heterocycles. The molecule has 0 aromatic heterocycles. The Hall–Kier alpha value is -2.40. The van der Waals surface area contributed by atoms with Gasteiger partial charge < -0.3 is 10.2 Å². The molecule has 1 saturated heterocycles. The van der Waals surface area contributed by atoms with Crippen LogP contribution in [0, 0.1) is 24.6 Å². The highest BCUT2D eigenvalue weighted by atomic mass is 35.5. The highest BCUT2D eigenvalue weighted by molar-refractivity contribution is 6.30. The van der Waals surface area contributed by atoms with Gasteiger partial charge in [-0.3, -0.25) is 9.59 Å². The summed E-state index contributed by atoms with van der Waals surface area (Å²) in [6.45, 7) is 3.24. The van der Waals surface area contributed by atoms with Crippen molar-refractivity contribution >= 4 is 23.4 Å².